The molecule has 0 unspecified atom stereocenters. The van der Waals surface area contributed by atoms with Crippen LogP contribution in [0, 0.1) is 6.92 Å². The van der Waals surface area contributed by atoms with Crippen LogP contribution >= 0.6 is 0 Å². The zero-order valence-corrected chi connectivity index (χ0v) is 8.64. The number of amides is 1. The quantitative estimate of drug-likeness (QED) is 0.629. The molecule has 0 saturated carbocycles. The normalized spacial score (nSPS) is 12.1. The lowest BCUT2D eigenvalue weighted by molar-refractivity contribution is -0.146. The van der Waals surface area contributed by atoms with Crippen LogP contribution in [0.1, 0.15) is 22.5 Å². The van der Waals surface area contributed by atoms with Gasteiger partial charge in [0.2, 0.25) is 5.76 Å². The first-order chi connectivity index (χ1) is 7.52. The first-order valence-electron chi connectivity index (χ1n) is 4.62. The summed E-state index contributed by atoms with van der Waals surface area (Å²) in [6, 6.07) is 0. The number of aliphatic hydroxyl groups excluding tert-OH is 1. The van der Waals surface area contributed by atoms with Gasteiger partial charge >= 0.3 is 5.97 Å². The molecule has 0 aliphatic rings. The number of aromatic nitrogens is 1. The van der Waals surface area contributed by atoms with Crippen LogP contribution in [-0.4, -0.2) is 39.9 Å². The highest BCUT2D eigenvalue weighted by Gasteiger charge is 2.16. The second-order valence-corrected chi connectivity index (χ2v) is 3.24. The molecule has 1 aromatic rings. The molecule has 1 atom stereocenters. The van der Waals surface area contributed by atoms with Gasteiger partial charge in [-0.05, 0) is 6.92 Å². The predicted molar refractivity (Wildman–Crippen MR) is 51.8 cm³/mol. The van der Waals surface area contributed by atoms with Crippen molar-refractivity contribution < 1.29 is 24.3 Å². The van der Waals surface area contributed by atoms with Crippen molar-refractivity contribution in [3.63, 3.8) is 0 Å². The highest BCUT2D eigenvalue weighted by Crippen LogP contribution is 2.05. The van der Waals surface area contributed by atoms with Gasteiger partial charge in [0.05, 0.1) is 6.20 Å². The molecule has 1 rings (SSSR count). The smallest absolute Gasteiger partial charge is 0.332 e. The number of hydrogen-bond donors (Lipinski definition) is 3. The summed E-state index contributed by atoms with van der Waals surface area (Å²) in [7, 11) is 0. The van der Waals surface area contributed by atoms with Crippen LogP contribution in [0.15, 0.2) is 10.7 Å². The van der Waals surface area contributed by atoms with Gasteiger partial charge in [0, 0.05) is 18.5 Å². The molecule has 7 nitrogen and oxygen atoms in total. The fourth-order valence-electron chi connectivity index (χ4n) is 1.04. The van der Waals surface area contributed by atoms with Crippen LogP contribution in [0.3, 0.4) is 0 Å². The molecule has 1 aromatic heterocycles. The lowest BCUT2D eigenvalue weighted by atomic mass is 10.2. The number of carboxylic acids is 1. The van der Waals surface area contributed by atoms with E-state index in [1.807, 2.05) is 0 Å². The fraction of sp³-hybridized carbons (Fsp3) is 0.444. The summed E-state index contributed by atoms with van der Waals surface area (Å²) in [5.74, 6) is -1.71. The Balaban J connectivity index is 2.37. The minimum atomic E-state index is -1.48. The predicted octanol–water partition coefficient (Wildman–Crippen LogP) is -0.452. The molecule has 1 heterocycles. The molecular weight excluding hydrogens is 216 g/mol. The van der Waals surface area contributed by atoms with Gasteiger partial charge in [-0.1, -0.05) is 5.16 Å². The first kappa shape index (κ1) is 12.2. The van der Waals surface area contributed by atoms with E-state index in [0.29, 0.717) is 5.56 Å². The minimum Gasteiger partial charge on any atom is -0.479 e. The Morgan fingerprint density at radius 1 is 1.62 bits per heavy atom. The van der Waals surface area contributed by atoms with Gasteiger partial charge in [-0.15, -0.1) is 0 Å². The molecule has 7 heteroatoms. The molecule has 0 radical (unpaired) electrons. The number of aliphatic hydroxyl groups is 1. The molecular formula is C9H12N2O5. The Morgan fingerprint density at radius 2 is 2.31 bits per heavy atom. The van der Waals surface area contributed by atoms with Crippen molar-refractivity contribution in [3.8, 4) is 0 Å². The number of rotatable bonds is 5. The number of carbonyl (C=O) groups excluding carboxylic acids is 1. The Morgan fingerprint density at radius 3 is 2.81 bits per heavy atom. The van der Waals surface area contributed by atoms with E-state index in [9.17, 15) is 9.59 Å². The maximum atomic E-state index is 11.4. The average molecular weight is 228 g/mol. The number of carbonyl (C=O) groups is 2. The SMILES string of the molecule is Cc1cnoc1C(=O)NCC[C@H](O)C(=O)O. The maximum Gasteiger partial charge on any atom is 0.332 e. The van der Waals surface area contributed by atoms with Gasteiger partial charge in [0.25, 0.3) is 5.91 Å². The maximum absolute atomic E-state index is 11.4. The van der Waals surface area contributed by atoms with Crippen LogP contribution in [0.4, 0.5) is 0 Å². The van der Waals surface area contributed by atoms with E-state index < -0.39 is 18.0 Å². The van der Waals surface area contributed by atoms with Crippen molar-refractivity contribution in [1.29, 1.82) is 0 Å². The van der Waals surface area contributed by atoms with E-state index in [4.69, 9.17) is 14.7 Å². The Bertz CT molecular complexity index is 387. The number of nitrogens with zero attached hydrogens (tertiary/aromatic N) is 1. The summed E-state index contributed by atoms with van der Waals surface area (Å²) < 4.78 is 4.69. The lowest BCUT2D eigenvalue weighted by Crippen LogP contribution is -2.30. The summed E-state index contributed by atoms with van der Waals surface area (Å²) in [6.45, 7) is 1.71. The molecule has 0 fully saturated rings. The summed E-state index contributed by atoms with van der Waals surface area (Å²) >= 11 is 0. The van der Waals surface area contributed by atoms with Gasteiger partial charge in [-0.25, -0.2) is 4.79 Å². The largest absolute Gasteiger partial charge is 0.479 e. The van der Waals surface area contributed by atoms with E-state index >= 15 is 0 Å². The molecule has 0 bridgehead atoms. The average Bonchev–Trinajstić information content (AvgIpc) is 2.64. The van der Waals surface area contributed by atoms with Crippen LogP contribution in [0.25, 0.3) is 0 Å². The van der Waals surface area contributed by atoms with Crippen LogP contribution in [0.2, 0.25) is 0 Å². The van der Waals surface area contributed by atoms with Crippen LogP contribution in [-0.2, 0) is 4.79 Å². The van der Waals surface area contributed by atoms with Gasteiger partial charge < -0.3 is 20.1 Å². The molecule has 0 spiro atoms. The third kappa shape index (κ3) is 3.06. The van der Waals surface area contributed by atoms with Crippen molar-refractivity contribution in [2.45, 2.75) is 19.4 Å². The number of aliphatic carboxylic acids is 1. The van der Waals surface area contributed by atoms with Crippen molar-refractivity contribution in [2.24, 2.45) is 0 Å². The Labute approximate surface area is 91.0 Å². The highest BCUT2D eigenvalue weighted by atomic mass is 16.5. The Hall–Kier alpha value is -1.89. The van der Waals surface area contributed by atoms with Crippen LogP contribution < -0.4 is 5.32 Å². The summed E-state index contributed by atoms with van der Waals surface area (Å²) in [6.07, 6.45) is -0.133. The zero-order chi connectivity index (χ0) is 12.1. The standard InChI is InChI=1S/C9H12N2O5/c1-5-4-11-16-7(5)8(13)10-3-2-6(12)9(14)15/h4,6,12H,2-3H2,1H3,(H,10,13)(H,14,15)/t6-/m0/s1. The Kier molecular flexibility index (Phi) is 4.01. The number of hydrogen-bond acceptors (Lipinski definition) is 5. The van der Waals surface area contributed by atoms with Crippen molar-refractivity contribution >= 4 is 11.9 Å². The second-order valence-electron chi connectivity index (χ2n) is 3.24. The third-order valence-corrected chi connectivity index (χ3v) is 1.94. The fourth-order valence-corrected chi connectivity index (χ4v) is 1.04. The van der Waals surface area contributed by atoms with E-state index in [0.717, 1.165) is 0 Å². The molecule has 3 N–H and O–H groups in total. The number of aryl methyl sites for hydroxylation is 1. The van der Waals surface area contributed by atoms with E-state index in [1.54, 1.807) is 6.92 Å². The monoisotopic (exact) mass is 228 g/mol. The summed E-state index contributed by atoms with van der Waals surface area (Å²) in [5, 5.41) is 23.2. The van der Waals surface area contributed by atoms with Crippen molar-refractivity contribution in [2.75, 3.05) is 6.54 Å². The van der Waals surface area contributed by atoms with Gasteiger partial charge in [-0.2, -0.15) is 0 Å². The molecule has 1 amide bonds. The van der Waals surface area contributed by atoms with Crippen molar-refractivity contribution in [3.05, 3.63) is 17.5 Å². The molecule has 0 aliphatic heterocycles. The first-order valence-corrected chi connectivity index (χ1v) is 4.62. The van der Waals surface area contributed by atoms with Crippen molar-refractivity contribution in [1.82, 2.24) is 10.5 Å². The molecule has 0 aromatic carbocycles. The van der Waals surface area contributed by atoms with Crippen LogP contribution in [0.5, 0.6) is 0 Å². The highest BCUT2D eigenvalue weighted by molar-refractivity contribution is 5.92. The number of carboxylic acid groups (broad SMARTS) is 1. The van der Waals surface area contributed by atoms with E-state index in [-0.39, 0.29) is 18.7 Å². The molecule has 0 aliphatic carbocycles. The second kappa shape index (κ2) is 5.26. The molecule has 88 valence electrons. The van der Waals surface area contributed by atoms with E-state index in [2.05, 4.69) is 10.5 Å². The topological polar surface area (TPSA) is 113 Å². The zero-order valence-electron chi connectivity index (χ0n) is 8.64. The molecule has 16 heavy (non-hydrogen) atoms. The summed E-state index contributed by atoms with van der Waals surface area (Å²) in [5.41, 5.74) is 0.594. The van der Waals surface area contributed by atoms with Gasteiger partial charge in [0.1, 0.15) is 0 Å². The number of nitrogens with one attached hydrogen (secondary N) is 1. The third-order valence-electron chi connectivity index (χ3n) is 1.94. The van der Waals surface area contributed by atoms with Gasteiger partial charge in [0.15, 0.2) is 6.10 Å². The lowest BCUT2D eigenvalue weighted by Gasteiger charge is -2.05. The van der Waals surface area contributed by atoms with E-state index in [1.165, 1.54) is 6.20 Å². The minimum absolute atomic E-state index is 0.0481. The summed E-state index contributed by atoms with van der Waals surface area (Å²) in [4.78, 5) is 21.7. The molecule has 0 saturated heterocycles. The van der Waals surface area contributed by atoms with Gasteiger partial charge in [-0.3, -0.25) is 4.79 Å².